The second-order valence-electron chi connectivity index (χ2n) is 5.73. The minimum absolute atomic E-state index is 0.154. The molecule has 0 aromatic carbocycles. The van der Waals surface area contributed by atoms with E-state index in [0.29, 0.717) is 11.7 Å². The van der Waals surface area contributed by atoms with Crippen molar-refractivity contribution in [3.63, 3.8) is 0 Å². The summed E-state index contributed by atoms with van der Waals surface area (Å²) in [4.78, 5) is 30.5. The van der Waals surface area contributed by atoms with Crippen molar-refractivity contribution in [1.82, 2.24) is 20.5 Å². The number of rotatable bonds is 4. The maximum absolute atomic E-state index is 12.0. The molecule has 0 saturated carbocycles. The number of aromatic amines is 1. The largest absolute Gasteiger partial charge is 0.350 e. The third kappa shape index (κ3) is 4.10. The zero-order chi connectivity index (χ0) is 16.9. The van der Waals surface area contributed by atoms with Gasteiger partial charge in [-0.05, 0) is 32.3 Å². The van der Waals surface area contributed by atoms with Crippen LogP contribution in [0.5, 0.6) is 0 Å². The summed E-state index contributed by atoms with van der Waals surface area (Å²) in [6.45, 7) is 3.31. The molecule has 2 aromatic heterocycles. The van der Waals surface area contributed by atoms with Crippen LogP contribution >= 0.6 is 11.3 Å². The van der Waals surface area contributed by atoms with E-state index in [0.717, 1.165) is 36.5 Å². The molecule has 0 spiro atoms. The molecule has 1 unspecified atom stereocenters. The standard InChI is InChI=1S/C15H20N6O2S/c1-10-8-17-15(24-10)18-14(23)16-9-11-4-2-3-7-21(11)12-5-6-13(22)20-19-12/h5-6,8,11H,2-4,7,9H2,1H3,(H,20,22)(H2,16,17,18,23). The summed E-state index contributed by atoms with van der Waals surface area (Å²) in [7, 11) is 0. The number of nitrogens with zero attached hydrogens (tertiary/aromatic N) is 3. The molecule has 24 heavy (non-hydrogen) atoms. The van der Waals surface area contributed by atoms with Gasteiger partial charge in [0.2, 0.25) is 0 Å². The van der Waals surface area contributed by atoms with Gasteiger partial charge in [0.15, 0.2) is 5.13 Å². The van der Waals surface area contributed by atoms with E-state index >= 15 is 0 Å². The molecule has 3 N–H and O–H groups in total. The van der Waals surface area contributed by atoms with Crippen molar-refractivity contribution in [3.05, 3.63) is 33.6 Å². The fraction of sp³-hybridized carbons (Fsp3) is 0.467. The van der Waals surface area contributed by atoms with Gasteiger partial charge < -0.3 is 10.2 Å². The number of carbonyl (C=O) groups excluding carboxylic acids is 1. The van der Waals surface area contributed by atoms with E-state index in [2.05, 4.69) is 30.7 Å². The third-order valence-corrected chi connectivity index (χ3v) is 4.75. The number of piperidine rings is 1. The van der Waals surface area contributed by atoms with Crippen molar-refractivity contribution < 1.29 is 4.79 Å². The van der Waals surface area contributed by atoms with Gasteiger partial charge in [-0.25, -0.2) is 14.9 Å². The minimum Gasteiger partial charge on any atom is -0.350 e. The molecule has 3 heterocycles. The van der Waals surface area contributed by atoms with Gasteiger partial charge in [0.05, 0.1) is 0 Å². The van der Waals surface area contributed by atoms with E-state index < -0.39 is 0 Å². The lowest BCUT2D eigenvalue weighted by Crippen LogP contribution is -2.48. The van der Waals surface area contributed by atoms with E-state index in [9.17, 15) is 9.59 Å². The zero-order valence-electron chi connectivity index (χ0n) is 13.4. The molecule has 2 aromatic rings. The summed E-state index contributed by atoms with van der Waals surface area (Å²) in [5.74, 6) is 0.733. The van der Waals surface area contributed by atoms with Crippen LogP contribution in [0.3, 0.4) is 0 Å². The van der Waals surface area contributed by atoms with Crippen LogP contribution in [0.25, 0.3) is 0 Å². The lowest BCUT2D eigenvalue weighted by atomic mass is 10.0. The number of hydrogen-bond acceptors (Lipinski definition) is 6. The average molecular weight is 348 g/mol. The molecule has 8 nitrogen and oxygen atoms in total. The Bertz CT molecular complexity index is 738. The number of amides is 2. The van der Waals surface area contributed by atoms with Gasteiger partial charge >= 0.3 is 6.03 Å². The van der Waals surface area contributed by atoms with Crippen LogP contribution in [-0.4, -0.2) is 40.3 Å². The second-order valence-corrected chi connectivity index (χ2v) is 6.97. The van der Waals surface area contributed by atoms with Gasteiger partial charge in [-0.1, -0.05) is 0 Å². The molecule has 0 bridgehead atoms. The maximum Gasteiger partial charge on any atom is 0.321 e. The molecule has 0 aliphatic carbocycles. The van der Waals surface area contributed by atoms with Crippen LogP contribution < -0.4 is 21.1 Å². The van der Waals surface area contributed by atoms with Crippen LogP contribution in [0.4, 0.5) is 15.7 Å². The Morgan fingerprint density at radius 2 is 2.33 bits per heavy atom. The number of H-pyrrole nitrogens is 1. The van der Waals surface area contributed by atoms with Gasteiger partial charge in [-0.3, -0.25) is 10.1 Å². The topological polar surface area (TPSA) is 103 Å². The van der Waals surface area contributed by atoms with E-state index in [1.807, 2.05) is 6.92 Å². The molecule has 1 aliphatic rings. The predicted molar refractivity (Wildman–Crippen MR) is 93.7 cm³/mol. The van der Waals surface area contributed by atoms with Gasteiger partial charge in [-0.2, -0.15) is 5.10 Å². The highest BCUT2D eigenvalue weighted by molar-refractivity contribution is 7.15. The highest BCUT2D eigenvalue weighted by atomic mass is 32.1. The van der Waals surface area contributed by atoms with Crippen molar-refractivity contribution in [2.24, 2.45) is 0 Å². The van der Waals surface area contributed by atoms with E-state index in [1.54, 1.807) is 12.3 Å². The van der Waals surface area contributed by atoms with Crippen LogP contribution in [0.2, 0.25) is 0 Å². The van der Waals surface area contributed by atoms with Gasteiger partial charge in [0.25, 0.3) is 5.56 Å². The normalized spacial score (nSPS) is 17.5. The fourth-order valence-corrected chi connectivity index (χ4v) is 3.44. The summed E-state index contributed by atoms with van der Waals surface area (Å²) < 4.78 is 0. The summed E-state index contributed by atoms with van der Waals surface area (Å²) in [5, 5.41) is 12.8. The summed E-state index contributed by atoms with van der Waals surface area (Å²) in [6, 6.07) is 3.08. The number of aromatic nitrogens is 3. The van der Waals surface area contributed by atoms with Gasteiger partial charge in [0.1, 0.15) is 5.82 Å². The molecule has 9 heteroatoms. The Labute approximate surface area is 143 Å². The van der Waals surface area contributed by atoms with Crippen molar-refractivity contribution >= 4 is 28.3 Å². The quantitative estimate of drug-likeness (QED) is 0.780. The molecule has 2 amide bonds. The number of nitrogens with one attached hydrogen (secondary N) is 3. The lowest BCUT2D eigenvalue weighted by molar-refractivity contribution is 0.250. The number of urea groups is 1. The zero-order valence-corrected chi connectivity index (χ0v) is 14.2. The molecule has 0 radical (unpaired) electrons. The molecular weight excluding hydrogens is 328 g/mol. The van der Waals surface area contributed by atoms with Crippen molar-refractivity contribution in [2.75, 3.05) is 23.3 Å². The maximum atomic E-state index is 12.0. The number of thiazole rings is 1. The highest BCUT2D eigenvalue weighted by Crippen LogP contribution is 2.22. The van der Waals surface area contributed by atoms with Crippen LogP contribution in [0.1, 0.15) is 24.1 Å². The summed E-state index contributed by atoms with van der Waals surface area (Å²) in [5.41, 5.74) is -0.219. The third-order valence-electron chi connectivity index (χ3n) is 3.93. The number of carbonyl (C=O) groups is 1. The fourth-order valence-electron chi connectivity index (χ4n) is 2.78. The van der Waals surface area contributed by atoms with Crippen LogP contribution in [-0.2, 0) is 0 Å². The number of anilines is 2. The second kappa shape index (κ2) is 7.43. The Morgan fingerprint density at radius 1 is 1.46 bits per heavy atom. The van der Waals surface area contributed by atoms with E-state index in [-0.39, 0.29) is 17.6 Å². The Kier molecular flexibility index (Phi) is 5.09. The molecule has 128 valence electrons. The SMILES string of the molecule is Cc1cnc(NC(=O)NCC2CCCCN2c2ccc(=O)[nH]n2)s1. The van der Waals surface area contributed by atoms with Gasteiger partial charge in [-0.15, -0.1) is 11.3 Å². The molecule has 1 atom stereocenters. The van der Waals surface area contributed by atoms with E-state index in [1.165, 1.54) is 17.4 Å². The average Bonchev–Trinajstić information content (AvgIpc) is 2.99. The number of hydrogen-bond donors (Lipinski definition) is 3. The Hall–Kier alpha value is -2.42. The first kappa shape index (κ1) is 16.4. The molecule has 1 aliphatic heterocycles. The first-order chi connectivity index (χ1) is 11.6. The highest BCUT2D eigenvalue weighted by Gasteiger charge is 2.24. The van der Waals surface area contributed by atoms with Crippen LogP contribution in [0.15, 0.2) is 23.1 Å². The Morgan fingerprint density at radius 3 is 3.04 bits per heavy atom. The minimum atomic E-state index is -0.260. The first-order valence-corrected chi connectivity index (χ1v) is 8.73. The molecule has 1 fully saturated rings. The lowest BCUT2D eigenvalue weighted by Gasteiger charge is -2.36. The molecular formula is C15H20N6O2S. The first-order valence-electron chi connectivity index (χ1n) is 7.91. The molecule has 3 rings (SSSR count). The van der Waals surface area contributed by atoms with Crippen molar-refractivity contribution in [2.45, 2.75) is 32.2 Å². The summed E-state index contributed by atoms with van der Waals surface area (Å²) in [6.07, 6.45) is 4.88. The molecule has 1 saturated heterocycles. The van der Waals surface area contributed by atoms with Crippen molar-refractivity contribution in [1.29, 1.82) is 0 Å². The van der Waals surface area contributed by atoms with E-state index in [4.69, 9.17) is 0 Å². The monoisotopic (exact) mass is 348 g/mol. The smallest absolute Gasteiger partial charge is 0.321 e. The summed E-state index contributed by atoms with van der Waals surface area (Å²) >= 11 is 1.44. The van der Waals surface area contributed by atoms with Crippen molar-refractivity contribution in [3.8, 4) is 0 Å². The van der Waals surface area contributed by atoms with Crippen LogP contribution in [0, 0.1) is 6.92 Å². The number of aryl methyl sites for hydroxylation is 1. The predicted octanol–water partition coefficient (Wildman–Crippen LogP) is 1.72. The van der Waals surface area contributed by atoms with Gasteiger partial charge in [0, 0.05) is 36.3 Å². The Balaban J connectivity index is 1.58.